The van der Waals surface area contributed by atoms with E-state index in [0.717, 1.165) is 22.9 Å². The monoisotopic (exact) mass is 333 g/mol. The van der Waals surface area contributed by atoms with Crippen LogP contribution in [0.25, 0.3) is 0 Å². The summed E-state index contributed by atoms with van der Waals surface area (Å²) in [4.78, 5) is 1.27. The zero-order valence-corrected chi connectivity index (χ0v) is 12.3. The van der Waals surface area contributed by atoms with Gasteiger partial charge < -0.3 is 10.1 Å². The molecule has 0 saturated heterocycles. The minimum Gasteiger partial charge on any atom is -0.406 e. The first-order chi connectivity index (χ1) is 9.90. The zero-order valence-electron chi connectivity index (χ0n) is 10.7. The molecule has 2 nitrogen and oxygen atoms in total. The Morgan fingerprint density at radius 1 is 1.24 bits per heavy atom. The molecule has 1 aliphatic carbocycles. The van der Waals surface area contributed by atoms with Crippen LogP contribution in [0.2, 0.25) is 4.34 Å². The largest absolute Gasteiger partial charge is 0.573 e. The van der Waals surface area contributed by atoms with Crippen LogP contribution < -0.4 is 10.1 Å². The number of anilines is 1. The predicted molar refractivity (Wildman–Crippen MR) is 77.1 cm³/mol. The van der Waals surface area contributed by atoms with Crippen molar-refractivity contribution in [2.75, 3.05) is 5.32 Å². The first-order valence-electron chi connectivity index (χ1n) is 6.31. The highest BCUT2D eigenvalue weighted by atomic mass is 35.5. The standard InChI is InChI=1S/C14H11ClF3NOS/c15-13-7-10-11(5-6-12(10)21-13)19-8-1-3-9(4-2-8)20-14(16,17)18/h1-4,7,11,19H,5-6H2. The maximum Gasteiger partial charge on any atom is 0.573 e. The molecule has 21 heavy (non-hydrogen) atoms. The molecule has 0 radical (unpaired) electrons. The summed E-state index contributed by atoms with van der Waals surface area (Å²) in [7, 11) is 0. The molecule has 1 aromatic carbocycles. The molecule has 1 heterocycles. The van der Waals surface area contributed by atoms with E-state index in [9.17, 15) is 13.2 Å². The summed E-state index contributed by atoms with van der Waals surface area (Å²) in [6, 6.07) is 7.85. The number of rotatable bonds is 3. The van der Waals surface area contributed by atoms with Crippen molar-refractivity contribution in [3.05, 3.63) is 45.1 Å². The van der Waals surface area contributed by atoms with Gasteiger partial charge in [0, 0.05) is 10.6 Å². The van der Waals surface area contributed by atoms with E-state index in [1.165, 1.54) is 22.6 Å². The van der Waals surface area contributed by atoms with Crippen molar-refractivity contribution in [3.8, 4) is 5.75 Å². The third-order valence-corrected chi connectivity index (χ3v) is 4.62. The summed E-state index contributed by atoms with van der Waals surface area (Å²) in [5.41, 5.74) is 1.94. The van der Waals surface area contributed by atoms with E-state index in [4.69, 9.17) is 11.6 Å². The van der Waals surface area contributed by atoms with Crippen LogP contribution in [0, 0.1) is 0 Å². The molecule has 3 rings (SSSR count). The third-order valence-electron chi connectivity index (χ3n) is 3.28. The Balaban J connectivity index is 1.69. The second-order valence-electron chi connectivity index (χ2n) is 4.74. The van der Waals surface area contributed by atoms with E-state index >= 15 is 0 Å². The van der Waals surface area contributed by atoms with E-state index < -0.39 is 6.36 Å². The van der Waals surface area contributed by atoms with Crippen molar-refractivity contribution in [2.45, 2.75) is 25.2 Å². The van der Waals surface area contributed by atoms with Gasteiger partial charge in [-0.1, -0.05) is 11.6 Å². The molecule has 0 aliphatic heterocycles. The Hall–Kier alpha value is -1.40. The second kappa shape index (κ2) is 5.42. The number of hydrogen-bond acceptors (Lipinski definition) is 3. The number of alkyl halides is 3. The van der Waals surface area contributed by atoms with Gasteiger partial charge in [0.15, 0.2) is 0 Å². The normalized spacial score (nSPS) is 17.6. The van der Waals surface area contributed by atoms with Crippen molar-refractivity contribution >= 4 is 28.6 Å². The Morgan fingerprint density at radius 3 is 2.62 bits per heavy atom. The molecular weight excluding hydrogens is 323 g/mol. The van der Waals surface area contributed by atoms with Crippen LogP contribution in [0.5, 0.6) is 5.75 Å². The second-order valence-corrected chi connectivity index (χ2v) is 6.50. The van der Waals surface area contributed by atoms with Crippen LogP contribution in [0.4, 0.5) is 18.9 Å². The molecule has 2 aromatic rings. The lowest BCUT2D eigenvalue weighted by Gasteiger charge is -2.15. The molecule has 0 bridgehead atoms. The fraction of sp³-hybridized carbons (Fsp3) is 0.286. The first kappa shape index (κ1) is 14.5. The van der Waals surface area contributed by atoms with Gasteiger partial charge in [-0.25, -0.2) is 0 Å². The highest BCUT2D eigenvalue weighted by Gasteiger charge is 2.31. The van der Waals surface area contributed by atoms with Crippen molar-refractivity contribution in [3.63, 3.8) is 0 Å². The topological polar surface area (TPSA) is 21.3 Å². The minimum absolute atomic E-state index is 0.151. The van der Waals surface area contributed by atoms with Crippen LogP contribution in [0.3, 0.4) is 0 Å². The Bertz CT molecular complexity index is 639. The van der Waals surface area contributed by atoms with Gasteiger partial charge in [-0.05, 0) is 48.7 Å². The summed E-state index contributed by atoms with van der Waals surface area (Å²) in [5, 5.41) is 3.31. The zero-order chi connectivity index (χ0) is 15.0. The quantitative estimate of drug-likeness (QED) is 0.812. The van der Waals surface area contributed by atoms with E-state index in [1.807, 2.05) is 6.07 Å². The third kappa shape index (κ3) is 3.44. The van der Waals surface area contributed by atoms with Crippen LogP contribution in [0.15, 0.2) is 30.3 Å². The molecular formula is C14H11ClF3NOS. The molecule has 1 aromatic heterocycles. The lowest BCUT2D eigenvalue weighted by Crippen LogP contribution is -2.17. The smallest absolute Gasteiger partial charge is 0.406 e. The molecule has 0 spiro atoms. The first-order valence-corrected chi connectivity index (χ1v) is 7.50. The number of thiophene rings is 1. The molecule has 112 valence electrons. The fourth-order valence-electron chi connectivity index (χ4n) is 2.43. The summed E-state index contributed by atoms with van der Waals surface area (Å²) >= 11 is 7.58. The van der Waals surface area contributed by atoms with Gasteiger partial charge in [-0.2, -0.15) is 0 Å². The van der Waals surface area contributed by atoms with Gasteiger partial charge in [0.1, 0.15) is 5.75 Å². The Kier molecular flexibility index (Phi) is 3.75. The van der Waals surface area contributed by atoms with E-state index in [2.05, 4.69) is 10.1 Å². The van der Waals surface area contributed by atoms with E-state index in [-0.39, 0.29) is 11.8 Å². The number of nitrogens with one attached hydrogen (secondary N) is 1. The average molecular weight is 334 g/mol. The SMILES string of the molecule is FC(F)(F)Oc1ccc(NC2CCc3sc(Cl)cc32)cc1. The molecule has 1 N–H and O–H groups in total. The molecule has 0 saturated carbocycles. The van der Waals surface area contributed by atoms with Crippen LogP contribution in [-0.4, -0.2) is 6.36 Å². The number of halogens is 4. The summed E-state index contributed by atoms with van der Waals surface area (Å²) in [6.07, 6.45) is -2.73. The van der Waals surface area contributed by atoms with Gasteiger partial charge in [0.25, 0.3) is 0 Å². The highest BCUT2D eigenvalue weighted by molar-refractivity contribution is 7.16. The summed E-state index contributed by atoms with van der Waals surface area (Å²) < 4.78 is 40.9. The summed E-state index contributed by atoms with van der Waals surface area (Å²) in [6.45, 7) is 0. The maximum atomic E-state index is 12.1. The molecule has 1 aliphatic rings. The maximum absolute atomic E-state index is 12.1. The molecule has 1 atom stereocenters. The van der Waals surface area contributed by atoms with Gasteiger partial charge in [-0.15, -0.1) is 24.5 Å². The van der Waals surface area contributed by atoms with Gasteiger partial charge in [0.2, 0.25) is 0 Å². The van der Waals surface area contributed by atoms with Crippen molar-refractivity contribution in [1.29, 1.82) is 0 Å². The highest BCUT2D eigenvalue weighted by Crippen LogP contribution is 2.41. The van der Waals surface area contributed by atoms with Crippen molar-refractivity contribution < 1.29 is 17.9 Å². The van der Waals surface area contributed by atoms with Crippen molar-refractivity contribution in [2.24, 2.45) is 0 Å². The van der Waals surface area contributed by atoms with Crippen LogP contribution in [-0.2, 0) is 6.42 Å². The number of ether oxygens (including phenoxy) is 1. The number of fused-ring (bicyclic) bond motifs is 1. The van der Waals surface area contributed by atoms with Gasteiger partial charge in [-0.3, -0.25) is 0 Å². The van der Waals surface area contributed by atoms with Gasteiger partial charge in [0.05, 0.1) is 10.4 Å². The molecule has 0 amide bonds. The van der Waals surface area contributed by atoms with E-state index in [0.29, 0.717) is 0 Å². The Morgan fingerprint density at radius 2 is 1.95 bits per heavy atom. The molecule has 7 heteroatoms. The average Bonchev–Trinajstić information content (AvgIpc) is 2.91. The van der Waals surface area contributed by atoms with Crippen molar-refractivity contribution in [1.82, 2.24) is 0 Å². The molecule has 1 unspecified atom stereocenters. The van der Waals surface area contributed by atoms with Crippen LogP contribution >= 0.6 is 22.9 Å². The number of aryl methyl sites for hydroxylation is 1. The fourth-order valence-corrected chi connectivity index (χ4v) is 3.79. The summed E-state index contributed by atoms with van der Waals surface area (Å²) in [5.74, 6) is -0.223. The lowest BCUT2D eigenvalue weighted by molar-refractivity contribution is -0.274. The predicted octanol–water partition coefficient (Wildman–Crippen LogP) is 5.40. The number of hydrogen-bond donors (Lipinski definition) is 1. The van der Waals surface area contributed by atoms with Crippen LogP contribution in [0.1, 0.15) is 22.9 Å². The molecule has 0 fully saturated rings. The lowest BCUT2D eigenvalue weighted by atomic mass is 10.1. The number of benzene rings is 1. The van der Waals surface area contributed by atoms with E-state index in [1.54, 1.807) is 23.5 Å². The van der Waals surface area contributed by atoms with Gasteiger partial charge >= 0.3 is 6.36 Å². The minimum atomic E-state index is -4.66. The Labute approximate surface area is 128 Å².